The van der Waals surface area contributed by atoms with Crippen LogP contribution in [0.3, 0.4) is 0 Å². The van der Waals surface area contributed by atoms with Gasteiger partial charge in [0, 0.05) is 24.9 Å². The lowest BCUT2D eigenvalue weighted by Gasteiger charge is -2.12. The molecule has 1 fully saturated rings. The molecule has 0 saturated carbocycles. The number of ether oxygens (including phenoxy) is 2. The van der Waals surface area contributed by atoms with E-state index in [0.29, 0.717) is 6.61 Å². The van der Waals surface area contributed by atoms with Crippen molar-refractivity contribution in [2.75, 3.05) is 25.1 Å². The molecular formula is C12H18N2O2. The highest BCUT2D eigenvalue weighted by Crippen LogP contribution is 2.16. The summed E-state index contributed by atoms with van der Waals surface area (Å²) in [6.07, 6.45) is 3.03. The van der Waals surface area contributed by atoms with Gasteiger partial charge in [0.05, 0.1) is 19.3 Å². The quantitative estimate of drug-likeness (QED) is 0.825. The zero-order valence-electron chi connectivity index (χ0n) is 9.61. The normalized spacial score (nSPS) is 19.9. The smallest absolute Gasteiger partial charge is 0.131 e. The molecule has 2 rings (SSSR count). The van der Waals surface area contributed by atoms with Crippen molar-refractivity contribution in [3.8, 4) is 0 Å². The van der Waals surface area contributed by atoms with Crippen LogP contribution in [0.1, 0.15) is 18.9 Å². The van der Waals surface area contributed by atoms with Crippen LogP contribution < -0.4 is 5.32 Å². The van der Waals surface area contributed by atoms with E-state index in [1.165, 1.54) is 0 Å². The predicted molar refractivity (Wildman–Crippen MR) is 62.4 cm³/mol. The van der Waals surface area contributed by atoms with Gasteiger partial charge in [-0.25, -0.2) is 4.98 Å². The maximum Gasteiger partial charge on any atom is 0.131 e. The Morgan fingerprint density at radius 2 is 2.56 bits per heavy atom. The van der Waals surface area contributed by atoms with Crippen LogP contribution in [0.2, 0.25) is 0 Å². The zero-order valence-corrected chi connectivity index (χ0v) is 9.61. The van der Waals surface area contributed by atoms with Crippen molar-refractivity contribution >= 4 is 5.82 Å². The first-order valence-electron chi connectivity index (χ1n) is 5.77. The third-order valence-corrected chi connectivity index (χ3v) is 2.60. The maximum atomic E-state index is 5.77. The summed E-state index contributed by atoms with van der Waals surface area (Å²) in [5.74, 6) is 0.920. The van der Waals surface area contributed by atoms with Gasteiger partial charge in [0.15, 0.2) is 0 Å². The van der Waals surface area contributed by atoms with Crippen LogP contribution >= 0.6 is 0 Å². The summed E-state index contributed by atoms with van der Waals surface area (Å²) in [5, 5.41) is 3.23. The number of hydrogen-bond acceptors (Lipinski definition) is 4. The molecule has 1 N–H and O–H groups in total. The molecule has 0 bridgehead atoms. The molecule has 4 heteroatoms. The number of aromatic nitrogens is 1. The molecule has 1 aromatic rings. The Balaban J connectivity index is 1.91. The van der Waals surface area contributed by atoms with E-state index in [0.717, 1.165) is 37.6 Å². The highest BCUT2D eigenvalue weighted by Gasteiger charge is 2.16. The Morgan fingerprint density at radius 1 is 1.62 bits per heavy atom. The monoisotopic (exact) mass is 222 g/mol. The molecular weight excluding hydrogens is 204 g/mol. The van der Waals surface area contributed by atoms with Crippen molar-refractivity contribution in [2.45, 2.75) is 26.1 Å². The Hall–Kier alpha value is -1.13. The van der Waals surface area contributed by atoms with E-state index in [1.54, 1.807) is 6.20 Å². The standard InChI is InChI=1S/C12H18N2O2/c1-2-13-12-10(4-3-6-14-12)8-16-11-5-7-15-9-11/h3-4,6,11H,2,5,7-9H2,1H3,(H,13,14). The Labute approximate surface area is 96.0 Å². The van der Waals surface area contributed by atoms with Gasteiger partial charge in [0.1, 0.15) is 5.82 Å². The van der Waals surface area contributed by atoms with Crippen molar-refractivity contribution in [2.24, 2.45) is 0 Å². The summed E-state index contributed by atoms with van der Waals surface area (Å²) in [6.45, 7) is 5.07. The fourth-order valence-electron chi connectivity index (χ4n) is 1.73. The first kappa shape index (κ1) is 11.4. The number of nitrogens with zero attached hydrogens (tertiary/aromatic N) is 1. The lowest BCUT2D eigenvalue weighted by Crippen LogP contribution is -2.13. The minimum absolute atomic E-state index is 0.245. The van der Waals surface area contributed by atoms with Crippen LogP contribution in [-0.2, 0) is 16.1 Å². The fourth-order valence-corrected chi connectivity index (χ4v) is 1.73. The fraction of sp³-hybridized carbons (Fsp3) is 0.583. The molecule has 0 spiro atoms. The molecule has 4 nitrogen and oxygen atoms in total. The highest BCUT2D eigenvalue weighted by molar-refractivity contribution is 5.42. The summed E-state index contributed by atoms with van der Waals surface area (Å²) in [4.78, 5) is 4.29. The molecule has 16 heavy (non-hydrogen) atoms. The van der Waals surface area contributed by atoms with Crippen molar-refractivity contribution in [1.29, 1.82) is 0 Å². The van der Waals surface area contributed by atoms with Crippen LogP contribution in [-0.4, -0.2) is 30.8 Å². The predicted octanol–water partition coefficient (Wildman–Crippen LogP) is 1.82. The molecule has 88 valence electrons. The number of anilines is 1. The minimum Gasteiger partial charge on any atom is -0.379 e. The molecule has 1 atom stereocenters. The minimum atomic E-state index is 0.245. The van der Waals surface area contributed by atoms with Crippen molar-refractivity contribution in [1.82, 2.24) is 4.98 Å². The van der Waals surface area contributed by atoms with Crippen molar-refractivity contribution in [3.05, 3.63) is 23.9 Å². The largest absolute Gasteiger partial charge is 0.379 e. The SMILES string of the molecule is CCNc1ncccc1COC1CCOC1. The second-order valence-corrected chi connectivity index (χ2v) is 3.84. The molecule has 0 radical (unpaired) electrons. The average molecular weight is 222 g/mol. The molecule has 0 aliphatic carbocycles. The summed E-state index contributed by atoms with van der Waals surface area (Å²) in [5.41, 5.74) is 1.11. The van der Waals surface area contributed by atoms with Gasteiger partial charge in [-0.3, -0.25) is 0 Å². The Kier molecular flexibility index (Phi) is 4.13. The van der Waals surface area contributed by atoms with E-state index in [2.05, 4.69) is 17.2 Å². The van der Waals surface area contributed by atoms with Crippen LogP contribution in [0.25, 0.3) is 0 Å². The molecule has 2 heterocycles. The van der Waals surface area contributed by atoms with Crippen LogP contribution in [0.4, 0.5) is 5.82 Å². The van der Waals surface area contributed by atoms with E-state index in [9.17, 15) is 0 Å². The first-order valence-corrected chi connectivity index (χ1v) is 5.77. The molecule has 0 amide bonds. The number of pyridine rings is 1. The average Bonchev–Trinajstić information content (AvgIpc) is 2.81. The Morgan fingerprint density at radius 3 is 3.31 bits per heavy atom. The third-order valence-electron chi connectivity index (χ3n) is 2.60. The first-order chi connectivity index (χ1) is 7.90. The van der Waals surface area contributed by atoms with E-state index in [4.69, 9.17) is 9.47 Å². The number of hydrogen-bond donors (Lipinski definition) is 1. The summed E-state index contributed by atoms with van der Waals surface area (Å²) < 4.78 is 11.0. The zero-order chi connectivity index (χ0) is 11.2. The molecule has 1 unspecified atom stereocenters. The van der Waals surface area contributed by atoms with Crippen LogP contribution in [0.15, 0.2) is 18.3 Å². The summed E-state index contributed by atoms with van der Waals surface area (Å²) in [7, 11) is 0. The van der Waals surface area contributed by atoms with Gasteiger partial charge in [-0.05, 0) is 19.4 Å². The van der Waals surface area contributed by atoms with Crippen LogP contribution in [0, 0.1) is 0 Å². The van der Waals surface area contributed by atoms with E-state index in [-0.39, 0.29) is 6.10 Å². The molecule has 1 aliphatic heterocycles. The van der Waals surface area contributed by atoms with Gasteiger partial charge in [0.2, 0.25) is 0 Å². The van der Waals surface area contributed by atoms with Crippen molar-refractivity contribution < 1.29 is 9.47 Å². The van der Waals surface area contributed by atoms with E-state index >= 15 is 0 Å². The summed E-state index contributed by atoms with van der Waals surface area (Å²) in [6, 6.07) is 3.98. The Bertz CT molecular complexity index is 325. The second-order valence-electron chi connectivity index (χ2n) is 3.84. The molecule has 0 aromatic carbocycles. The van der Waals surface area contributed by atoms with Crippen LogP contribution in [0.5, 0.6) is 0 Å². The topological polar surface area (TPSA) is 43.4 Å². The lowest BCUT2D eigenvalue weighted by molar-refractivity contribution is 0.0319. The molecule has 1 aromatic heterocycles. The van der Waals surface area contributed by atoms with Gasteiger partial charge in [-0.1, -0.05) is 6.07 Å². The lowest BCUT2D eigenvalue weighted by atomic mass is 10.2. The second kappa shape index (κ2) is 5.82. The van der Waals surface area contributed by atoms with Gasteiger partial charge in [-0.15, -0.1) is 0 Å². The highest BCUT2D eigenvalue weighted by atomic mass is 16.5. The number of nitrogens with one attached hydrogen (secondary N) is 1. The van der Waals surface area contributed by atoms with E-state index in [1.807, 2.05) is 12.1 Å². The maximum absolute atomic E-state index is 5.77. The van der Waals surface area contributed by atoms with Gasteiger partial charge in [-0.2, -0.15) is 0 Å². The van der Waals surface area contributed by atoms with Gasteiger partial charge < -0.3 is 14.8 Å². The van der Waals surface area contributed by atoms with E-state index < -0.39 is 0 Å². The third kappa shape index (κ3) is 2.93. The number of rotatable bonds is 5. The van der Waals surface area contributed by atoms with Gasteiger partial charge >= 0.3 is 0 Å². The van der Waals surface area contributed by atoms with Gasteiger partial charge in [0.25, 0.3) is 0 Å². The molecule has 1 aliphatic rings. The molecule has 1 saturated heterocycles. The summed E-state index contributed by atoms with van der Waals surface area (Å²) >= 11 is 0. The van der Waals surface area contributed by atoms with Crippen molar-refractivity contribution in [3.63, 3.8) is 0 Å².